The Morgan fingerprint density at radius 3 is 2.67 bits per heavy atom. The zero-order valence-electron chi connectivity index (χ0n) is 12.1. The molecule has 21 heavy (non-hydrogen) atoms. The molecular weight excluding hydrogens is 267 g/mol. The van der Waals surface area contributed by atoms with Crippen LogP contribution in [0.4, 0.5) is 4.39 Å². The zero-order chi connectivity index (χ0) is 15.2. The van der Waals surface area contributed by atoms with Crippen molar-refractivity contribution in [3.8, 4) is 17.6 Å². The number of aliphatic hydroxyl groups is 1. The van der Waals surface area contributed by atoms with Crippen LogP contribution in [0, 0.1) is 31.5 Å². The van der Waals surface area contributed by atoms with Crippen molar-refractivity contribution < 1.29 is 14.2 Å². The molecule has 0 unspecified atom stereocenters. The summed E-state index contributed by atoms with van der Waals surface area (Å²) in [7, 11) is 0. The number of aryl methyl sites for hydroxylation is 2. The highest BCUT2D eigenvalue weighted by Crippen LogP contribution is 2.21. The maximum absolute atomic E-state index is 13.1. The standard InChI is InChI=1S/C18H17FO2/c1-13-5-8-18(15(10-13)4-3-9-20)21-12-16-6-7-17(19)11-14(16)2/h5-8,10-11,20H,9,12H2,1-2H3. The van der Waals surface area contributed by atoms with Gasteiger partial charge >= 0.3 is 0 Å². The van der Waals surface area contributed by atoms with Crippen molar-refractivity contribution in [2.24, 2.45) is 0 Å². The van der Waals surface area contributed by atoms with Gasteiger partial charge in [0.25, 0.3) is 0 Å². The zero-order valence-corrected chi connectivity index (χ0v) is 12.1. The Morgan fingerprint density at radius 2 is 1.95 bits per heavy atom. The second kappa shape index (κ2) is 6.92. The van der Waals surface area contributed by atoms with Gasteiger partial charge in [0.1, 0.15) is 24.8 Å². The molecule has 0 aliphatic rings. The van der Waals surface area contributed by atoms with Crippen molar-refractivity contribution in [1.82, 2.24) is 0 Å². The Kier molecular flexibility index (Phi) is 4.97. The molecule has 0 fully saturated rings. The molecule has 0 spiro atoms. The summed E-state index contributed by atoms with van der Waals surface area (Å²) >= 11 is 0. The predicted molar refractivity (Wildman–Crippen MR) is 80.6 cm³/mol. The number of hydrogen-bond donors (Lipinski definition) is 1. The van der Waals surface area contributed by atoms with Crippen LogP contribution in [0.3, 0.4) is 0 Å². The number of rotatable bonds is 3. The van der Waals surface area contributed by atoms with Crippen LogP contribution in [-0.2, 0) is 6.61 Å². The molecule has 0 bridgehead atoms. The molecule has 0 heterocycles. The minimum absolute atomic E-state index is 0.190. The molecule has 0 aromatic heterocycles. The summed E-state index contributed by atoms with van der Waals surface area (Å²) in [6, 6.07) is 10.3. The summed E-state index contributed by atoms with van der Waals surface area (Å²) < 4.78 is 18.9. The van der Waals surface area contributed by atoms with Crippen LogP contribution in [0.15, 0.2) is 36.4 Å². The highest BCUT2D eigenvalue weighted by Gasteiger charge is 2.05. The van der Waals surface area contributed by atoms with E-state index in [4.69, 9.17) is 9.84 Å². The lowest BCUT2D eigenvalue weighted by atomic mass is 10.1. The molecule has 2 rings (SSSR count). The summed E-state index contributed by atoms with van der Waals surface area (Å²) in [4.78, 5) is 0. The van der Waals surface area contributed by atoms with Gasteiger partial charge in [-0.15, -0.1) is 0 Å². The largest absolute Gasteiger partial charge is 0.488 e. The van der Waals surface area contributed by atoms with Crippen LogP contribution < -0.4 is 4.74 Å². The van der Waals surface area contributed by atoms with E-state index in [9.17, 15) is 4.39 Å². The third-order valence-electron chi connectivity index (χ3n) is 3.12. The van der Waals surface area contributed by atoms with Crippen molar-refractivity contribution in [2.75, 3.05) is 6.61 Å². The molecule has 0 saturated heterocycles. The summed E-state index contributed by atoms with van der Waals surface area (Å²) in [5.74, 6) is 5.91. The molecule has 2 nitrogen and oxygen atoms in total. The number of aliphatic hydroxyl groups excluding tert-OH is 1. The van der Waals surface area contributed by atoms with Crippen molar-refractivity contribution in [3.63, 3.8) is 0 Å². The first-order valence-electron chi connectivity index (χ1n) is 6.68. The SMILES string of the molecule is Cc1ccc(OCc2ccc(F)cc2C)c(C#CCO)c1. The quantitative estimate of drug-likeness (QED) is 0.876. The van der Waals surface area contributed by atoms with E-state index in [1.807, 2.05) is 32.0 Å². The fraction of sp³-hybridized carbons (Fsp3) is 0.222. The fourth-order valence-corrected chi connectivity index (χ4v) is 1.98. The summed E-state index contributed by atoms with van der Waals surface area (Å²) in [6.07, 6.45) is 0. The van der Waals surface area contributed by atoms with Gasteiger partial charge in [-0.1, -0.05) is 24.0 Å². The van der Waals surface area contributed by atoms with Gasteiger partial charge in [0.15, 0.2) is 0 Å². The number of halogens is 1. The van der Waals surface area contributed by atoms with Crippen LogP contribution in [0.25, 0.3) is 0 Å². The van der Waals surface area contributed by atoms with Crippen LogP contribution in [0.1, 0.15) is 22.3 Å². The summed E-state index contributed by atoms with van der Waals surface area (Å²) in [5, 5.41) is 8.81. The number of hydrogen-bond acceptors (Lipinski definition) is 2. The molecule has 0 amide bonds. The average Bonchev–Trinajstić information content (AvgIpc) is 2.45. The maximum Gasteiger partial charge on any atom is 0.135 e. The highest BCUT2D eigenvalue weighted by molar-refractivity contribution is 5.48. The smallest absolute Gasteiger partial charge is 0.135 e. The summed E-state index contributed by atoms with van der Waals surface area (Å²) in [5.41, 5.74) is 3.59. The molecule has 0 atom stereocenters. The third-order valence-corrected chi connectivity index (χ3v) is 3.12. The Hall–Kier alpha value is -2.31. The van der Waals surface area contributed by atoms with Gasteiger partial charge in [0.05, 0.1) is 5.56 Å². The van der Waals surface area contributed by atoms with E-state index in [1.165, 1.54) is 12.1 Å². The fourth-order valence-electron chi connectivity index (χ4n) is 1.98. The Bertz CT molecular complexity index is 696. The average molecular weight is 284 g/mol. The maximum atomic E-state index is 13.1. The molecule has 108 valence electrons. The first-order valence-corrected chi connectivity index (χ1v) is 6.68. The lowest BCUT2D eigenvalue weighted by Gasteiger charge is -2.11. The minimum atomic E-state index is -0.249. The van der Waals surface area contributed by atoms with E-state index in [1.54, 1.807) is 6.07 Å². The normalized spacial score (nSPS) is 9.90. The van der Waals surface area contributed by atoms with Gasteiger partial charge < -0.3 is 9.84 Å². The van der Waals surface area contributed by atoms with E-state index in [0.29, 0.717) is 12.4 Å². The molecule has 0 radical (unpaired) electrons. The first kappa shape index (κ1) is 15.1. The molecule has 0 aliphatic heterocycles. The lowest BCUT2D eigenvalue weighted by molar-refractivity contribution is 0.304. The van der Waals surface area contributed by atoms with Gasteiger partial charge in [0.2, 0.25) is 0 Å². The van der Waals surface area contributed by atoms with Crippen molar-refractivity contribution >= 4 is 0 Å². The van der Waals surface area contributed by atoms with Gasteiger partial charge in [-0.25, -0.2) is 4.39 Å². The summed E-state index contributed by atoms with van der Waals surface area (Å²) in [6.45, 7) is 3.98. The molecule has 0 saturated carbocycles. The molecule has 0 aliphatic carbocycles. The second-order valence-corrected chi connectivity index (χ2v) is 4.82. The second-order valence-electron chi connectivity index (χ2n) is 4.82. The monoisotopic (exact) mass is 284 g/mol. The third kappa shape index (κ3) is 4.08. The van der Waals surface area contributed by atoms with Crippen molar-refractivity contribution in [1.29, 1.82) is 0 Å². The highest BCUT2D eigenvalue weighted by atomic mass is 19.1. The van der Waals surface area contributed by atoms with E-state index in [-0.39, 0.29) is 12.4 Å². The minimum Gasteiger partial charge on any atom is -0.488 e. The van der Waals surface area contributed by atoms with Crippen LogP contribution in [-0.4, -0.2) is 11.7 Å². The topological polar surface area (TPSA) is 29.5 Å². The van der Waals surface area contributed by atoms with Crippen LogP contribution in [0.2, 0.25) is 0 Å². The number of benzene rings is 2. The molecular formula is C18H17FO2. The van der Waals surface area contributed by atoms with Crippen LogP contribution >= 0.6 is 0 Å². The van der Waals surface area contributed by atoms with Crippen molar-refractivity contribution in [3.05, 3.63) is 64.5 Å². The van der Waals surface area contributed by atoms with E-state index >= 15 is 0 Å². The van der Waals surface area contributed by atoms with Gasteiger partial charge in [-0.3, -0.25) is 0 Å². The molecule has 2 aromatic rings. The Balaban J connectivity index is 2.19. The molecule has 3 heteroatoms. The number of ether oxygens (including phenoxy) is 1. The van der Waals surface area contributed by atoms with E-state index < -0.39 is 0 Å². The van der Waals surface area contributed by atoms with Gasteiger partial charge in [0, 0.05) is 0 Å². The first-order chi connectivity index (χ1) is 10.1. The lowest BCUT2D eigenvalue weighted by Crippen LogP contribution is -2.00. The van der Waals surface area contributed by atoms with E-state index in [2.05, 4.69) is 11.8 Å². The van der Waals surface area contributed by atoms with E-state index in [0.717, 1.165) is 22.3 Å². The van der Waals surface area contributed by atoms with Crippen molar-refractivity contribution in [2.45, 2.75) is 20.5 Å². The van der Waals surface area contributed by atoms with Gasteiger partial charge in [-0.2, -0.15) is 0 Å². The van der Waals surface area contributed by atoms with Gasteiger partial charge in [-0.05, 0) is 54.8 Å². The molecule has 2 aromatic carbocycles. The predicted octanol–water partition coefficient (Wildman–Crippen LogP) is 3.37. The Labute approximate surface area is 124 Å². The Morgan fingerprint density at radius 1 is 1.14 bits per heavy atom. The van der Waals surface area contributed by atoms with Crippen LogP contribution in [0.5, 0.6) is 5.75 Å². The molecule has 1 N–H and O–H groups in total.